The molecule has 2 aromatic rings. The highest BCUT2D eigenvalue weighted by molar-refractivity contribution is 7.15. The fourth-order valence-corrected chi connectivity index (χ4v) is 3.83. The van der Waals surface area contributed by atoms with E-state index >= 15 is 0 Å². The monoisotopic (exact) mass is 299 g/mol. The number of para-hydroxylation sites is 1. The lowest BCUT2D eigenvalue weighted by molar-refractivity contribution is 0.694. The third kappa shape index (κ3) is 2.97. The van der Waals surface area contributed by atoms with Gasteiger partial charge in [0.05, 0.1) is 0 Å². The summed E-state index contributed by atoms with van der Waals surface area (Å²) < 4.78 is 0. The van der Waals surface area contributed by atoms with Gasteiger partial charge in [-0.25, -0.2) is 4.98 Å². The zero-order valence-electron chi connectivity index (χ0n) is 12.2. The number of nitrogens with zero attached hydrogens (tertiary/aromatic N) is 2. The van der Waals surface area contributed by atoms with E-state index in [4.69, 9.17) is 0 Å². The van der Waals surface area contributed by atoms with Crippen molar-refractivity contribution in [1.29, 1.82) is 0 Å². The summed E-state index contributed by atoms with van der Waals surface area (Å²) in [6.07, 6.45) is 8.42. The van der Waals surface area contributed by atoms with Crippen LogP contribution in [0.15, 0.2) is 30.5 Å². The summed E-state index contributed by atoms with van der Waals surface area (Å²) in [6, 6.07) is 9.55. The van der Waals surface area contributed by atoms with E-state index in [1.54, 1.807) is 0 Å². The van der Waals surface area contributed by atoms with Crippen LogP contribution in [-0.2, 0) is 13.0 Å². The lowest BCUT2D eigenvalue weighted by atomic mass is 10.1. The third-order valence-corrected chi connectivity index (χ3v) is 5.30. The molecule has 1 aromatic heterocycles. The summed E-state index contributed by atoms with van der Waals surface area (Å²) in [6.45, 7) is 2.05. The Balaban J connectivity index is 1.57. The Morgan fingerprint density at radius 2 is 2.14 bits per heavy atom. The highest BCUT2D eigenvalue weighted by atomic mass is 32.1. The first kappa shape index (κ1) is 13.3. The van der Waals surface area contributed by atoms with Crippen molar-refractivity contribution in [3.8, 4) is 0 Å². The summed E-state index contributed by atoms with van der Waals surface area (Å²) in [4.78, 5) is 8.44. The minimum absolute atomic E-state index is 0.759. The van der Waals surface area contributed by atoms with E-state index < -0.39 is 0 Å². The molecule has 3 nitrogen and oxygen atoms in total. The number of nitrogens with one attached hydrogen (secondary N) is 1. The molecular weight excluding hydrogens is 278 g/mol. The zero-order chi connectivity index (χ0) is 14.1. The predicted molar refractivity (Wildman–Crippen MR) is 88.4 cm³/mol. The molecule has 2 heterocycles. The van der Waals surface area contributed by atoms with Crippen molar-refractivity contribution < 1.29 is 0 Å². The SMILES string of the molecule is c1ccc2c(c1)CCCCN2c1ncc(CNC2CC2)s1. The van der Waals surface area contributed by atoms with Gasteiger partial charge in [0.1, 0.15) is 0 Å². The van der Waals surface area contributed by atoms with E-state index in [1.807, 2.05) is 17.5 Å². The van der Waals surface area contributed by atoms with E-state index in [0.717, 1.165) is 24.3 Å². The topological polar surface area (TPSA) is 28.2 Å². The number of rotatable bonds is 4. The minimum atomic E-state index is 0.759. The van der Waals surface area contributed by atoms with Gasteiger partial charge in [-0.05, 0) is 43.7 Å². The van der Waals surface area contributed by atoms with Crippen LogP contribution in [0.3, 0.4) is 0 Å². The van der Waals surface area contributed by atoms with Gasteiger partial charge >= 0.3 is 0 Å². The van der Waals surface area contributed by atoms with Crippen molar-refractivity contribution >= 4 is 22.2 Å². The number of hydrogen-bond donors (Lipinski definition) is 1. The van der Waals surface area contributed by atoms with Crippen LogP contribution >= 0.6 is 11.3 Å². The van der Waals surface area contributed by atoms with Crippen molar-refractivity contribution in [3.63, 3.8) is 0 Å². The number of anilines is 2. The number of benzene rings is 1. The van der Waals surface area contributed by atoms with Crippen LogP contribution in [-0.4, -0.2) is 17.6 Å². The Morgan fingerprint density at radius 1 is 1.24 bits per heavy atom. The van der Waals surface area contributed by atoms with Crippen LogP contribution < -0.4 is 10.2 Å². The molecule has 1 saturated carbocycles. The van der Waals surface area contributed by atoms with Gasteiger partial charge in [-0.2, -0.15) is 0 Å². The lowest BCUT2D eigenvalue weighted by Crippen LogP contribution is -2.17. The van der Waals surface area contributed by atoms with Gasteiger partial charge in [-0.15, -0.1) is 11.3 Å². The molecule has 21 heavy (non-hydrogen) atoms. The first-order valence-electron chi connectivity index (χ1n) is 7.94. The number of fused-ring (bicyclic) bond motifs is 1. The molecule has 0 amide bonds. The summed E-state index contributed by atoms with van der Waals surface area (Å²) >= 11 is 1.83. The molecule has 4 heteroatoms. The molecule has 0 spiro atoms. The fourth-order valence-electron chi connectivity index (χ4n) is 2.93. The maximum Gasteiger partial charge on any atom is 0.190 e. The Kier molecular flexibility index (Phi) is 3.65. The van der Waals surface area contributed by atoms with Crippen LogP contribution in [0, 0.1) is 0 Å². The van der Waals surface area contributed by atoms with Crippen molar-refractivity contribution in [3.05, 3.63) is 40.9 Å². The van der Waals surface area contributed by atoms with Gasteiger partial charge in [0.2, 0.25) is 0 Å². The number of hydrogen-bond acceptors (Lipinski definition) is 4. The second-order valence-corrected chi connectivity index (χ2v) is 7.10. The van der Waals surface area contributed by atoms with Gasteiger partial charge < -0.3 is 10.2 Å². The molecule has 1 N–H and O–H groups in total. The molecule has 1 fully saturated rings. The van der Waals surface area contributed by atoms with Gasteiger partial charge in [-0.1, -0.05) is 18.2 Å². The molecule has 110 valence electrons. The van der Waals surface area contributed by atoms with Gasteiger partial charge in [-0.3, -0.25) is 0 Å². The molecule has 0 saturated heterocycles. The minimum Gasteiger partial charge on any atom is -0.318 e. The Hall–Kier alpha value is -1.39. The van der Waals surface area contributed by atoms with Crippen LogP contribution in [0.4, 0.5) is 10.8 Å². The summed E-state index contributed by atoms with van der Waals surface area (Å²) in [5, 5.41) is 4.72. The Bertz CT molecular complexity index is 618. The predicted octanol–water partition coefficient (Wildman–Crippen LogP) is 3.87. The Morgan fingerprint density at radius 3 is 3.05 bits per heavy atom. The van der Waals surface area contributed by atoms with Crippen molar-refractivity contribution in [2.45, 2.75) is 44.7 Å². The normalized spacial score (nSPS) is 18.4. The molecule has 1 aliphatic heterocycles. The first-order chi connectivity index (χ1) is 10.4. The molecule has 0 bridgehead atoms. The van der Waals surface area contributed by atoms with Gasteiger partial charge in [0, 0.05) is 35.9 Å². The number of thiazole rings is 1. The van der Waals surface area contributed by atoms with Gasteiger partial charge in [0.25, 0.3) is 0 Å². The van der Waals surface area contributed by atoms with E-state index in [2.05, 4.69) is 39.5 Å². The number of aromatic nitrogens is 1. The molecule has 2 aliphatic rings. The van der Waals surface area contributed by atoms with Crippen LogP contribution in [0.25, 0.3) is 0 Å². The van der Waals surface area contributed by atoms with E-state index in [9.17, 15) is 0 Å². The maximum atomic E-state index is 4.68. The molecule has 0 unspecified atom stereocenters. The average molecular weight is 299 g/mol. The zero-order valence-corrected chi connectivity index (χ0v) is 13.0. The van der Waals surface area contributed by atoms with E-state index in [0.29, 0.717) is 0 Å². The first-order valence-corrected chi connectivity index (χ1v) is 8.75. The molecule has 0 radical (unpaired) electrons. The largest absolute Gasteiger partial charge is 0.318 e. The van der Waals surface area contributed by atoms with Gasteiger partial charge in [0.15, 0.2) is 5.13 Å². The standard InChI is InChI=1S/C17H21N3S/c1-2-7-16-13(5-1)6-3-4-10-20(16)17-19-12-15(21-17)11-18-14-8-9-14/h1-2,5,7,12,14,18H,3-4,6,8-11H2. The third-order valence-electron chi connectivity index (χ3n) is 4.27. The summed E-state index contributed by atoms with van der Waals surface area (Å²) in [5.74, 6) is 0. The molecular formula is C17H21N3S. The smallest absolute Gasteiger partial charge is 0.190 e. The van der Waals surface area contributed by atoms with Crippen molar-refractivity contribution in [2.75, 3.05) is 11.4 Å². The van der Waals surface area contributed by atoms with E-state index in [1.165, 1.54) is 48.2 Å². The second-order valence-electron chi connectivity index (χ2n) is 6.00. The van der Waals surface area contributed by atoms with E-state index in [-0.39, 0.29) is 0 Å². The highest BCUT2D eigenvalue weighted by Gasteiger charge is 2.22. The summed E-state index contributed by atoms with van der Waals surface area (Å²) in [7, 11) is 0. The Labute approximate surface area is 130 Å². The molecule has 1 aliphatic carbocycles. The lowest BCUT2D eigenvalue weighted by Gasteiger charge is -2.21. The molecule has 1 aromatic carbocycles. The number of aryl methyl sites for hydroxylation is 1. The maximum absolute atomic E-state index is 4.68. The highest BCUT2D eigenvalue weighted by Crippen LogP contribution is 2.35. The summed E-state index contributed by atoms with van der Waals surface area (Å²) in [5.41, 5.74) is 2.81. The van der Waals surface area contributed by atoms with Crippen LogP contribution in [0.2, 0.25) is 0 Å². The molecule has 0 atom stereocenters. The molecule has 4 rings (SSSR count). The van der Waals surface area contributed by atoms with Crippen molar-refractivity contribution in [1.82, 2.24) is 10.3 Å². The fraction of sp³-hybridized carbons (Fsp3) is 0.471. The van der Waals surface area contributed by atoms with Crippen molar-refractivity contribution in [2.24, 2.45) is 0 Å². The van der Waals surface area contributed by atoms with Crippen LogP contribution in [0.5, 0.6) is 0 Å². The van der Waals surface area contributed by atoms with Crippen LogP contribution in [0.1, 0.15) is 36.1 Å². The second kappa shape index (κ2) is 5.78. The quantitative estimate of drug-likeness (QED) is 0.929. The average Bonchev–Trinajstić information content (AvgIpc) is 3.27.